The molecule has 0 saturated heterocycles. The van der Waals surface area contributed by atoms with Crippen molar-refractivity contribution in [1.29, 1.82) is 0 Å². The molecule has 1 aromatic carbocycles. The fourth-order valence-corrected chi connectivity index (χ4v) is 6.92. The van der Waals surface area contributed by atoms with Crippen LogP contribution in [0.15, 0.2) is 68.9 Å². The number of nitrogens with two attached hydrogens (primary N) is 2. The van der Waals surface area contributed by atoms with E-state index in [2.05, 4.69) is 10.3 Å². The van der Waals surface area contributed by atoms with E-state index in [9.17, 15) is 27.2 Å². The highest BCUT2D eigenvalue weighted by molar-refractivity contribution is 6.08. The quantitative estimate of drug-likeness (QED) is 0.142. The van der Waals surface area contributed by atoms with Gasteiger partial charge in [-0.3, -0.25) is 19.5 Å². The zero-order chi connectivity index (χ0) is 35.9. The number of hydrogen-bond donors (Lipinski definition) is 3. The Morgan fingerprint density at radius 2 is 1.88 bits per heavy atom. The number of benzene rings is 1. The topological polar surface area (TPSA) is 126 Å². The van der Waals surface area contributed by atoms with Crippen LogP contribution in [0.1, 0.15) is 97.5 Å². The summed E-state index contributed by atoms with van der Waals surface area (Å²) in [6.07, 6.45) is 6.04. The van der Waals surface area contributed by atoms with Gasteiger partial charge in [0.25, 0.3) is 5.91 Å². The van der Waals surface area contributed by atoms with Crippen molar-refractivity contribution in [2.45, 2.75) is 110 Å². The van der Waals surface area contributed by atoms with Crippen LogP contribution in [0.25, 0.3) is 0 Å². The summed E-state index contributed by atoms with van der Waals surface area (Å²) < 4.78 is 57.2. The average Bonchev–Trinajstić information content (AvgIpc) is 3.65. The second-order valence-electron chi connectivity index (χ2n) is 13.9. The Hall–Kier alpha value is -3.96. The van der Waals surface area contributed by atoms with Crippen LogP contribution in [0.5, 0.6) is 0 Å². The van der Waals surface area contributed by atoms with Gasteiger partial charge in [0.15, 0.2) is 11.5 Å². The first-order valence-electron chi connectivity index (χ1n) is 17.4. The van der Waals surface area contributed by atoms with E-state index in [1.54, 1.807) is 13.1 Å². The van der Waals surface area contributed by atoms with E-state index < -0.39 is 53.3 Å². The molecule has 5 N–H and O–H groups in total. The number of hydrogen-bond acceptors (Lipinski definition) is 6. The van der Waals surface area contributed by atoms with E-state index in [0.717, 1.165) is 32.1 Å². The van der Waals surface area contributed by atoms with Gasteiger partial charge in [-0.05, 0) is 80.2 Å². The molecule has 1 saturated carbocycles. The number of carbonyl (C=O) groups is 2. The van der Waals surface area contributed by atoms with Crippen LogP contribution in [0.4, 0.5) is 17.6 Å². The molecule has 0 radical (unpaired) electrons. The lowest BCUT2D eigenvalue weighted by molar-refractivity contribution is -0.166. The molecular formula is C37H50F4N6O2. The molecule has 1 aromatic rings. The Kier molecular flexibility index (Phi) is 12.5. The molecule has 12 heteroatoms. The van der Waals surface area contributed by atoms with Gasteiger partial charge >= 0.3 is 6.18 Å². The molecule has 268 valence electrons. The largest absolute Gasteiger partial charge is 0.401 e. The van der Waals surface area contributed by atoms with Gasteiger partial charge in [-0.25, -0.2) is 9.38 Å². The number of nitrogens with zero attached hydrogens (tertiary/aromatic N) is 3. The van der Waals surface area contributed by atoms with E-state index in [0.29, 0.717) is 48.2 Å². The van der Waals surface area contributed by atoms with E-state index in [1.165, 1.54) is 41.3 Å². The van der Waals surface area contributed by atoms with E-state index in [4.69, 9.17) is 16.5 Å². The highest BCUT2D eigenvalue weighted by Gasteiger charge is 2.52. The first-order valence-corrected chi connectivity index (χ1v) is 17.4. The summed E-state index contributed by atoms with van der Waals surface area (Å²) in [6, 6.07) is 4.88. The molecule has 2 aliphatic carbocycles. The SMILES string of the molecule is CCCC=N/C(CNC(=O)C1=CC(C(CC2CCCC2)N2C(=O)[C@@](CCC(C)C)(c3ccc(F)cc3)N=C2N)=CCC1C(F)(F)F)=C(/C)N. The van der Waals surface area contributed by atoms with Crippen molar-refractivity contribution in [3.05, 3.63) is 70.3 Å². The maximum atomic E-state index is 14.7. The zero-order valence-corrected chi connectivity index (χ0v) is 29.0. The van der Waals surface area contributed by atoms with Crippen LogP contribution in [0.3, 0.4) is 0 Å². The van der Waals surface area contributed by atoms with Crippen LogP contribution in [0, 0.1) is 23.6 Å². The molecule has 49 heavy (non-hydrogen) atoms. The van der Waals surface area contributed by atoms with E-state index in [1.807, 2.05) is 20.8 Å². The number of guanidine groups is 1. The number of rotatable bonds is 14. The predicted molar refractivity (Wildman–Crippen MR) is 185 cm³/mol. The first-order chi connectivity index (χ1) is 23.2. The number of nitrogens with one attached hydrogen (secondary N) is 1. The molecule has 4 rings (SSSR count). The summed E-state index contributed by atoms with van der Waals surface area (Å²) in [4.78, 5) is 38.7. The van der Waals surface area contributed by atoms with Crippen LogP contribution in [-0.2, 0) is 15.1 Å². The number of halogens is 4. The lowest BCUT2D eigenvalue weighted by Gasteiger charge is -2.35. The standard InChI is InChI=1S/C37H50F4N6O2/c1-5-6-19-44-31(24(4)42)22-45-33(48)29-21-26(11-16-30(29)37(39,40)41)32(20-25-9-7-8-10-25)47-34(49)36(46-35(47)43,18-17-23(2)3)27-12-14-28(38)15-13-27/h11-15,19,21,23,25,30,32H,5-10,16-18,20,22,42H2,1-4H3,(H2,43,46)(H,45,48)/b31-24-,44-19?/t30?,32?,36-/m1/s1. The van der Waals surface area contributed by atoms with Crippen molar-refractivity contribution in [3.8, 4) is 0 Å². The maximum Gasteiger partial charge on any atom is 0.396 e. The Morgan fingerprint density at radius 3 is 2.47 bits per heavy atom. The lowest BCUT2D eigenvalue weighted by atomic mass is 9.80. The van der Waals surface area contributed by atoms with Gasteiger partial charge in [-0.15, -0.1) is 0 Å². The zero-order valence-electron chi connectivity index (χ0n) is 29.0. The molecule has 3 aliphatic rings. The minimum absolute atomic E-state index is 0.0440. The average molecular weight is 687 g/mol. The third-order valence-corrected chi connectivity index (χ3v) is 9.74. The van der Waals surface area contributed by atoms with Gasteiger partial charge in [0, 0.05) is 17.5 Å². The van der Waals surface area contributed by atoms with Crippen LogP contribution in [-0.4, -0.2) is 47.7 Å². The molecular weight excluding hydrogens is 636 g/mol. The normalized spacial score (nSPS) is 23.1. The molecule has 0 aromatic heterocycles. The maximum absolute atomic E-state index is 14.7. The Labute approximate surface area is 286 Å². The summed E-state index contributed by atoms with van der Waals surface area (Å²) in [5.74, 6) is -3.40. The monoisotopic (exact) mass is 686 g/mol. The highest BCUT2D eigenvalue weighted by Crippen LogP contribution is 2.44. The summed E-state index contributed by atoms with van der Waals surface area (Å²) in [5, 5.41) is 2.60. The minimum atomic E-state index is -4.69. The predicted octanol–water partition coefficient (Wildman–Crippen LogP) is 7.18. The number of aliphatic imine (C=N–C) groups is 2. The molecule has 0 spiro atoms. The third-order valence-electron chi connectivity index (χ3n) is 9.74. The second kappa shape index (κ2) is 16.2. The van der Waals surface area contributed by atoms with Crippen molar-refractivity contribution in [2.75, 3.05) is 6.54 Å². The van der Waals surface area contributed by atoms with Crippen molar-refractivity contribution in [1.82, 2.24) is 10.2 Å². The molecule has 2 amide bonds. The summed E-state index contributed by atoms with van der Waals surface area (Å²) in [7, 11) is 0. The summed E-state index contributed by atoms with van der Waals surface area (Å²) in [5.41, 5.74) is 12.3. The second-order valence-corrected chi connectivity index (χ2v) is 13.9. The van der Waals surface area contributed by atoms with E-state index in [-0.39, 0.29) is 24.3 Å². The number of alkyl halides is 3. The third kappa shape index (κ3) is 8.99. The first kappa shape index (κ1) is 37.9. The van der Waals surface area contributed by atoms with Gasteiger partial charge < -0.3 is 16.8 Å². The fraction of sp³-hybridized carbons (Fsp3) is 0.568. The molecule has 1 heterocycles. The summed E-state index contributed by atoms with van der Waals surface area (Å²) >= 11 is 0. The van der Waals surface area contributed by atoms with Crippen molar-refractivity contribution in [3.63, 3.8) is 0 Å². The number of unbranched alkanes of at least 4 members (excludes halogenated alkanes) is 1. The molecule has 1 aliphatic heterocycles. The Morgan fingerprint density at radius 1 is 1.20 bits per heavy atom. The van der Waals surface area contributed by atoms with Crippen molar-refractivity contribution >= 4 is 24.0 Å². The van der Waals surface area contributed by atoms with Gasteiger partial charge in [0.1, 0.15) is 5.82 Å². The Bertz CT molecular complexity index is 1500. The summed E-state index contributed by atoms with van der Waals surface area (Å²) in [6.45, 7) is 7.50. The van der Waals surface area contributed by atoms with Gasteiger partial charge in [0.2, 0.25) is 5.91 Å². The smallest absolute Gasteiger partial charge is 0.396 e. The molecule has 2 unspecified atom stereocenters. The molecule has 1 fully saturated rings. The van der Waals surface area contributed by atoms with Gasteiger partial charge in [0.05, 0.1) is 24.2 Å². The van der Waals surface area contributed by atoms with Crippen molar-refractivity contribution < 1.29 is 27.2 Å². The number of allylic oxidation sites excluding steroid dienone is 2. The van der Waals surface area contributed by atoms with Crippen LogP contribution < -0.4 is 16.8 Å². The van der Waals surface area contributed by atoms with Crippen LogP contribution in [0.2, 0.25) is 0 Å². The number of amides is 2. The van der Waals surface area contributed by atoms with E-state index >= 15 is 0 Å². The highest BCUT2D eigenvalue weighted by atomic mass is 19.4. The lowest BCUT2D eigenvalue weighted by Crippen LogP contribution is -2.50. The van der Waals surface area contributed by atoms with Crippen molar-refractivity contribution in [2.24, 2.45) is 39.2 Å². The Balaban J connectivity index is 1.74. The molecule has 0 bridgehead atoms. The number of carbonyl (C=O) groups excluding carboxylic acids is 2. The minimum Gasteiger partial charge on any atom is -0.401 e. The molecule has 8 nitrogen and oxygen atoms in total. The van der Waals surface area contributed by atoms with Gasteiger partial charge in [-0.2, -0.15) is 13.2 Å². The van der Waals surface area contributed by atoms with Gasteiger partial charge in [-0.1, -0.05) is 71.1 Å². The van der Waals surface area contributed by atoms with Crippen LogP contribution >= 0.6 is 0 Å². The fourth-order valence-electron chi connectivity index (χ4n) is 6.92. The molecule has 3 atom stereocenters.